The fourth-order valence-electron chi connectivity index (χ4n) is 1.81. The van der Waals surface area contributed by atoms with Gasteiger partial charge in [0.25, 0.3) is 5.91 Å². The molecule has 0 saturated carbocycles. The fraction of sp³-hybridized carbons (Fsp3) is 0.273. The second kappa shape index (κ2) is 6.81. The number of rotatable bonds is 2. The van der Waals surface area contributed by atoms with Crippen molar-refractivity contribution in [2.45, 2.75) is 12.3 Å². The van der Waals surface area contributed by atoms with Crippen molar-refractivity contribution >= 4 is 42.6 Å². The average molecular weight is 330 g/mol. The molecule has 2 N–H and O–H groups in total. The van der Waals surface area contributed by atoms with Crippen LogP contribution in [0, 0.1) is 0 Å². The van der Waals surface area contributed by atoms with Crippen molar-refractivity contribution in [2.24, 2.45) is 10.7 Å². The van der Waals surface area contributed by atoms with Crippen LogP contribution in [0.5, 0.6) is 0 Å². The van der Waals surface area contributed by atoms with Crippen LogP contribution in [-0.2, 0) is 4.79 Å². The molecule has 1 atom stereocenters. The van der Waals surface area contributed by atoms with Crippen molar-refractivity contribution in [3.63, 3.8) is 0 Å². The number of carbonyl (C=O) groups excluding carboxylic acids is 1. The lowest BCUT2D eigenvalue weighted by molar-refractivity contribution is -0.125. The number of hydrogen-bond donors (Lipinski definition) is 1. The summed E-state index contributed by atoms with van der Waals surface area (Å²) in [5.74, 6) is -0.912. The number of para-hydroxylation sites is 1. The smallest absolute Gasteiger partial charge is 0.366 e. The lowest BCUT2D eigenvalue weighted by Gasteiger charge is -2.33. The van der Waals surface area contributed by atoms with Crippen LogP contribution in [0.1, 0.15) is 5.56 Å². The number of fused-ring (bicyclic) bond motifs is 1. The number of benzene rings is 1. The molecule has 0 saturated heterocycles. The first-order valence-electron chi connectivity index (χ1n) is 5.13. The van der Waals surface area contributed by atoms with Gasteiger partial charge in [0.2, 0.25) is 6.17 Å². The third-order valence-corrected chi connectivity index (χ3v) is 2.50. The maximum Gasteiger partial charge on any atom is 0.406 e. The highest BCUT2D eigenvalue weighted by Gasteiger charge is 2.37. The molecule has 2 rings (SSSR count). The van der Waals surface area contributed by atoms with E-state index >= 15 is 0 Å². The van der Waals surface area contributed by atoms with Gasteiger partial charge in [0, 0.05) is 17.5 Å². The van der Waals surface area contributed by atoms with E-state index in [0.717, 1.165) is 4.90 Å². The monoisotopic (exact) mass is 329 g/mol. The molecule has 0 bridgehead atoms. The van der Waals surface area contributed by atoms with Crippen LogP contribution in [0.2, 0.25) is 0 Å². The van der Waals surface area contributed by atoms with Gasteiger partial charge in [0.15, 0.2) is 0 Å². The highest BCUT2D eigenvalue weighted by Crippen LogP contribution is 2.29. The van der Waals surface area contributed by atoms with Gasteiger partial charge >= 0.3 is 6.18 Å². The minimum absolute atomic E-state index is 0. The first-order chi connectivity index (χ1) is 8.38. The number of alkyl halides is 3. The predicted octanol–water partition coefficient (Wildman–Crippen LogP) is 2.14. The molecule has 1 heterocycles. The Morgan fingerprint density at radius 3 is 2.45 bits per heavy atom. The molecule has 1 aliphatic heterocycles. The van der Waals surface area contributed by atoms with Crippen LogP contribution in [0.25, 0.3) is 0 Å². The first kappa shape index (κ1) is 18.5. The average Bonchev–Trinajstić information content (AvgIpc) is 2.27. The Morgan fingerprint density at radius 1 is 1.30 bits per heavy atom. The van der Waals surface area contributed by atoms with Crippen molar-refractivity contribution in [2.75, 3.05) is 11.4 Å². The number of nitrogens with zero attached hydrogens (tertiary/aromatic N) is 2. The Labute approximate surface area is 125 Å². The van der Waals surface area contributed by atoms with Gasteiger partial charge in [0.1, 0.15) is 6.54 Å². The van der Waals surface area contributed by atoms with Gasteiger partial charge in [-0.2, -0.15) is 13.2 Å². The zero-order valence-electron chi connectivity index (χ0n) is 10.0. The third-order valence-electron chi connectivity index (χ3n) is 2.50. The van der Waals surface area contributed by atoms with Gasteiger partial charge in [-0.25, -0.2) is 0 Å². The summed E-state index contributed by atoms with van der Waals surface area (Å²) in [6, 6.07) is 6.41. The largest absolute Gasteiger partial charge is 0.406 e. The summed E-state index contributed by atoms with van der Waals surface area (Å²) in [5, 5.41) is 0. The van der Waals surface area contributed by atoms with Gasteiger partial charge in [0.05, 0.1) is 0 Å². The summed E-state index contributed by atoms with van der Waals surface area (Å²) < 4.78 is 37.6. The van der Waals surface area contributed by atoms with E-state index in [2.05, 4.69) is 4.99 Å². The number of amides is 1. The summed E-state index contributed by atoms with van der Waals surface area (Å²) >= 11 is 0. The highest BCUT2D eigenvalue weighted by molar-refractivity contribution is 5.96. The van der Waals surface area contributed by atoms with Gasteiger partial charge in [-0.05, 0) is 6.07 Å². The molecule has 0 radical (unpaired) electrons. The maximum atomic E-state index is 12.5. The van der Waals surface area contributed by atoms with Crippen molar-refractivity contribution < 1.29 is 18.0 Å². The number of anilines is 1. The van der Waals surface area contributed by atoms with Gasteiger partial charge in [-0.1, -0.05) is 18.2 Å². The number of nitrogens with two attached hydrogens (primary N) is 1. The Morgan fingerprint density at radius 2 is 1.90 bits per heavy atom. The normalized spacial score (nSPS) is 16.8. The van der Waals surface area contributed by atoms with Crippen LogP contribution < -0.4 is 10.6 Å². The molecule has 4 nitrogen and oxygen atoms in total. The minimum Gasteiger partial charge on any atom is -0.366 e. The molecule has 1 aromatic carbocycles. The van der Waals surface area contributed by atoms with E-state index in [0.29, 0.717) is 11.3 Å². The predicted molar refractivity (Wildman–Crippen MR) is 74.9 cm³/mol. The van der Waals surface area contributed by atoms with Crippen LogP contribution in [0.4, 0.5) is 18.9 Å². The molecule has 1 aromatic rings. The maximum absolute atomic E-state index is 12.5. The lowest BCUT2D eigenvalue weighted by atomic mass is 10.1. The lowest BCUT2D eigenvalue weighted by Crippen LogP contribution is -2.49. The molecule has 1 aliphatic rings. The molecule has 1 unspecified atom stereocenters. The molecule has 0 spiro atoms. The Hall–Kier alpha value is -1.47. The van der Waals surface area contributed by atoms with E-state index < -0.39 is 24.8 Å². The summed E-state index contributed by atoms with van der Waals surface area (Å²) in [6.45, 7) is -1.27. The van der Waals surface area contributed by atoms with Gasteiger partial charge in [-0.3, -0.25) is 9.79 Å². The quantitative estimate of drug-likeness (QED) is 0.903. The van der Waals surface area contributed by atoms with Crippen LogP contribution in [0.3, 0.4) is 0 Å². The summed E-state index contributed by atoms with van der Waals surface area (Å²) in [5.41, 5.74) is 5.90. The zero-order valence-corrected chi connectivity index (χ0v) is 11.6. The van der Waals surface area contributed by atoms with E-state index in [1.54, 1.807) is 18.2 Å². The number of carbonyl (C=O) groups is 1. The van der Waals surface area contributed by atoms with Crippen molar-refractivity contribution in [3.05, 3.63) is 29.8 Å². The van der Waals surface area contributed by atoms with E-state index in [1.807, 2.05) is 0 Å². The first-order valence-corrected chi connectivity index (χ1v) is 5.13. The molecular formula is C11H12Cl2F3N3O. The second-order valence-corrected chi connectivity index (χ2v) is 3.86. The molecule has 1 amide bonds. The Balaban J connectivity index is 0.00000180. The molecule has 0 aliphatic carbocycles. The minimum atomic E-state index is -4.44. The van der Waals surface area contributed by atoms with Crippen molar-refractivity contribution in [1.29, 1.82) is 0 Å². The molecular weight excluding hydrogens is 318 g/mol. The van der Waals surface area contributed by atoms with Crippen molar-refractivity contribution in [1.82, 2.24) is 0 Å². The number of hydrogen-bond acceptors (Lipinski definition) is 3. The van der Waals surface area contributed by atoms with Crippen LogP contribution >= 0.6 is 24.8 Å². The number of halogens is 5. The SMILES string of the molecule is Cl.Cl.NC(=O)C1N=Cc2ccccc2N1CC(F)(F)F. The van der Waals surface area contributed by atoms with E-state index in [-0.39, 0.29) is 24.8 Å². The Bertz CT molecular complexity index is 508. The fourth-order valence-corrected chi connectivity index (χ4v) is 1.81. The third kappa shape index (κ3) is 4.01. The second-order valence-electron chi connectivity index (χ2n) is 3.86. The van der Waals surface area contributed by atoms with Crippen LogP contribution in [-0.4, -0.2) is 31.0 Å². The zero-order chi connectivity index (χ0) is 13.3. The molecule has 0 aromatic heterocycles. The summed E-state index contributed by atoms with van der Waals surface area (Å²) in [4.78, 5) is 15.8. The molecule has 9 heteroatoms. The number of primary amides is 1. The summed E-state index contributed by atoms with van der Waals surface area (Å²) in [6.07, 6.45) is -4.40. The van der Waals surface area contributed by atoms with E-state index in [1.165, 1.54) is 12.3 Å². The topological polar surface area (TPSA) is 58.7 Å². The molecule has 20 heavy (non-hydrogen) atoms. The highest BCUT2D eigenvalue weighted by atomic mass is 35.5. The van der Waals surface area contributed by atoms with Gasteiger partial charge in [-0.15, -0.1) is 24.8 Å². The van der Waals surface area contributed by atoms with Crippen LogP contribution in [0.15, 0.2) is 29.3 Å². The Kier molecular flexibility index (Phi) is 6.31. The molecule has 0 fully saturated rings. The number of aliphatic imine (C=N–C) groups is 1. The molecule has 112 valence electrons. The van der Waals surface area contributed by atoms with E-state index in [9.17, 15) is 18.0 Å². The van der Waals surface area contributed by atoms with Crippen molar-refractivity contribution in [3.8, 4) is 0 Å². The van der Waals surface area contributed by atoms with Gasteiger partial charge < -0.3 is 10.6 Å². The standard InChI is InChI=1S/C11H10F3N3O.2ClH/c12-11(13,14)6-17-8-4-2-1-3-7(8)5-16-10(17)9(15)18;;/h1-5,10H,6H2,(H2,15,18);2*1H. The van der Waals surface area contributed by atoms with E-state index in [4.69, 9.17) is 5.73 Å². The summed E-state index contributed by atoms with van der Waals surface area (Å²) in [7, 11) is 0.